The van der Waals surface area contributed by atoms with Crippen molar-refractivity contribution in [3.05, 3.63) is 23.1 Å². The third-order valence-corrected chi connectivity index (χ3v) is 4.10. The first-order chi connectivity index (χ1) is 10.0. The van der Waals surface area contributed by atoms with Gasteiger partial charge in [0.2, 0.25) is 0 Å². The normalized spacial score (nSPS) is 35.3. The molecule has 2 radical (unpaired) electrons. The second-order valence-corrected chi connectivity index (χ2v) is 6.04. The molecule has 2 heterocycles. The van der Waals surface area contributed by atoms with Crippen molar-refractivity contribution in [1.82, 2.24) is 4.90 Å². The molecule has 3 rings (SSSR count). The number of allylic oxidation sites excluding steroid dienone is 3. The largest absolute Gasteiger partial charge is 0.372 e. The summed E-state index contributed by atoms with van der Waals surface area (Å²) in [5.41, 5.74) is 1.19. The molecule has 2 saturated heterocycles. The Morgan fingerprint density at radius 1 is 1.19 bits per heavy atom. The first-order valence-corrected chi connectivity index (χ1v) is 7.54. The molecule has 0 aromatic rings. The van der Waals surface area contributed by atoms with Gasteiger partial charge in [0.1, 0.15) is 13.7 Å². The van der Waals surface area contributed by atoms with E-state index >= 15 is 0 Å². The predicted molar refractivity (Wildman–Crippen MR) is 77.4 cm³/mol. The number of halogens is 1. The molecule has 0 amide bonds. The van der Waals surface area contributed by atoms with Crippen LogP contribution in [0, 0.1) is 5.92 Å². The molecule has 3 aliphatic rings. The molecular weight excluding hydrogens is 272 g/mol. The van der Waals surface area contributed by atoms with Gasteiger partial charge in [-0.1, -0.05) is 0 Å². The summed E-state index contributed by atoms with van der Waals surface area (Å²) in [7, 11) is 5.86. The quantitative estimate of drug-likeness (QED) is 0.725. The van der Waals surface area contributed by atoms with Crippen molar-refractivity contribution in [2.45, 2.75) is 38.8 Å². The summed E-state index contributed by atoms with van der Waals surface area (Å²) in [6.07, 6.45) is 1.72. The summed E-state index contributed by atoms with van der Waals surface area (Å²) in [6, 6.07) is 0. The molecule has 3 atom stereocenters. The third kappa shape index (κ3) is 3.17. The molecule has 6 heteroatoms. The highest BCUT2D eigenvalue weighted by Gasteiger charge is 2.38. The van der Waals surface area contributed by atoms with E-state index in [1.807, 2.05) is 13.8 Å². The van der Waals surface area contributed by atoms with Crippen molar-refractivity contribution < 1.29 is 18.6 Å². The lowest BCUT2D eigenvalue weighted by Crippen LogP contribution is -2.48. The van der Waals surface area contributed by atoms with Crippen molar-refractivity contribution in [2.24, 2.45) is 5.92 Å². The van der Waals surface area contributed by atoms with Crippen LogP contribution in [0.4, 0.5) is 4.39 Å². The number of hydrogen-bond acceptors (Lipinski definition) is 4. The molecule has 2 aliphatic heterocycles. The maximum absolute atomic E-state index is 14.6. The lowest BCUT2D eigenvalue weighted by atomic mass is 9.80. The second-order valence-electron chi connectivity index (χ2n) is 6.04. The zero-order valence-corrected chi connectivity index (χ0v) is 12.5. The maximum atomic E-state index is 14.6. The van der Waals surface area contributed by atoms with Gasteiger partial charge in [-0.15, -0.1) is 5.47 Å². The molecule has 0 aromatic carbocycles. The van der Waals surface area contributed by atoms with E-state index in [0.29, 0.717) is 43.9 Å². The molecule has 1 aliphatic carbocycles. The van der Waals surface area contributed by atoms with Crippen LogP contribution < -0.4 is 0 Å². The van der Waals surface area contributed by atoms with E-state index in [0.717, 1.165) is 0 Å². The van der Waals surface area contributed by atoms with Crippen LogP contribution in [-0.4, -0.2) is 57.5 Å². The van der Waals surface area contributed by atoms with E-state index in [-0.39, 0.29) is 24.0 Å². The lowest BCUT2D eigenvalue weighted by molar-refractivity contribution is -0.0952. The zero-order valence-electron chi connectivity index (χ0n) is 12.5. The van der Waals surface area contributed by atoms with E-state index in [9.17, 15) is 4.39 Å². The molecule has 0 bridgehead atoms. The minimum absolute atomic E-state index is 0.0726. The van der Waals surface area contributed by atoms with E-state index in [2.05, 4.69) is 4.90 Å². The van der Waals surface area contributed by atoms with Gasteiger partial charge in [0.25, 0.3) is 0 Å². The average Bonchev–Trinajstić information content (AvgIpc) is 2.89. The number of nitrogens with zero attached hydrogens (tertiary/aromatic N) is 1. The molecule has 0 N–H and O–H groups in total. The Balaban J connectivity index is 1.88. The van der Waals surface area contributed by atoms with Crippen molar-refractivity contribution in [3.8, 4) is 0 Å². The molecule has 4 nitrogen and oxygen atoms in total. The molecule has 0 saturated carbocycles. The van der Waals surface area contributed by atoms with Gasteiger partial charge in [-0.2, -0.15) is 0 Å². The van der Waals surface area contributed by atoms with Crippen LogP contribution in [0.15, 0.2) is 23.1 Å². The van der Waals surface area contributed by atoms with Crippen molar-refractivity contribution >= 4 is 7.85 Å². The minimum Gasteiger partial charge on any atom is -0.372 e. The van der Waals surface area contributed by atoms with Gasteiger partial charge in [-0.3, -0.25) is 0 Å². The fraction of sp³-hybridized carbons (Fsp3) is 0.733. The summed E-state index contributed by atoms with van der Waals surface area (Å²) in [5.74, 6) is -0.459. The Bertz CT molecular complexity index is 452. The van der Waals surface area contributed by atoms with E-state index in [4.69, 9.17) is 22.1 Å². The van der Waals surface area contributed by atoms with E-state index in [1.54, 1.807) is 0 Å². The molecule has 2 fully saturated rings. The highest BCUT2D eigenvalue weighted by Crippen LogP contribution is 2.37. The minimum atomic E-state index is -0.411. The van der Waals surface area contributed by atoms with E-state index in [1.165, 1.54) is 6.08 Å². The van der Waals surface area contributed by atoms with Gasteiger partial charge < -0.3 is 19.1 Å². The summed E-state index contributed by atoms with van der Waals surface area (Å²) in [4.78, 5) is 2.06. The molecule has 114 valence electrons. The van der Waals surface area contributed by atoms with E-state index < -0.39 is 6.29 Å². The SMILES string of the molecule is [B]C1=CC(F)=C(N2CC(C)OC(C)C2)C(C2OCCO2)C1. The van der Waals surface area contributed by atoms with Crippen LogP contribution >= 0.6 is 0 Å². The molecule has 0 aromatic heterocycles. The fourth-order valence-electron chi connectivity index (χ4n) is 3.42. The predicted octanol–water partition coefficient (Wildman–Crippen LogP) is 1.72. The van der Waals surface area contributed by atoms with Gasteiger partial charge in [-0.25, -0.2) is 4.39 Å². The van der Waals surface area contributed by atoms with Crippen molar-refractivity contribution in [3.63, 3.8) is 0 Å². The van der Waals surface area contributed by atoms with Crippen LogP contribution in [0.25, 0.3) is 0 Å². The first-order valence-electron chi connectivity index (χ1n) is 7.54. The average molecular weight is 293 g/mol. The molecule has 3 unspecified atom stereocenters. The topological polar surface area (TPSA) is 30.9 Å². The summed E-state index contributed by atoms with van der Waals surface area (Å²) < 4.78 is 31.5. The van der Waals surface area contributed by atoms with Crippen LogP contribution in [0.3, 0.4) is 0 Å². The smallest absolute Gasteiger partial charge is 0.166 e. The number of rotatable bonds is 2. The number of hydrogen-bond donors (Lipinski definition) is 0. The van der Waals surface area contributed by atoms with Crippen molar-refractivity contribution in [1.29, 1.82) is 0 Å². The molecule has 21 heavy (non-hydrogen) atoms. The van der Waals surface area contributed by atoms with Crippen LogP contribution in [0.1, 0.15) is 20.3 Å². The molecular formula is C15H21BFNO3. The monoisotopic (exact) mass is 293 g/mol. The number of morpholine rings is 1. The van der Waals surface area contributed by atoms with Gasteiger partial charge in [0, 0.05) is 13.1 Å². The van der Waals surface area contributed by atoms with Gasteiger partial charge >= 0.3 is 0 Å². The van der Waals surface area contributed by atoms with Gasteiger partial charge in [-0.05, 0) is 26.3 Å². The summed E-state index contributed by atoms with van der Waals surface area (Å²) >= 11 is 0. The Morgan fingerprint density at radius 2 is 1.81 bits per heavy atom. The maximum Gasteiger partial charge on any atom is 0.166 e. The van der Waals surface area contributed by atoms with Crippen LogP contribution in [0.5, 0.6) is 0 Å². The van der Waals surface area contributed by atoms with Gasteiger partial charge in [0.15, 0.2) is 6.29 Å². The first kappa shape index (κ1) is 15.1. The third-order valence-electron chi connectivity index (χ3n) is 4.10. The molecule has 0 spiro atoms. The Hall–Kier alpha value is -0.845. The highest BCUT2D eigenvalue weighted by molar-refractivity contribution is 6.21. The van der Waals surface area contributed by atoms with Crippen LogP contribution in [-0.2, 0) is 14.2 Å². The second kappa shape index (κ2) is 6.11. The lowest BCUT2D eigenvalue weighted by Gasteiger charge is -2.42. The Morgan fingerprint density at radius 3 is 2.43 bits per heavy atom. The van der Waals surface area contributed by atoms with Gasteiger partial charge in [0.05, 0.1) is 37.0 Å². The zero-order chi connectivity index (χ0) is 15.0. The Kier molecular flexibility index (Phi) is 4.38. The Labute approximate surface area is 126 Å². The summed E-state index contributed by atoms with van der Waals surface area (Å²) in [5, 5.41) is 0. The van der Waals surface area contributed by atoms with Crippen LogP contribution in [0.2, 0.25) is 0 Å². The summed E-state index contributed by atoms with van der Waals surface area (Å²) in [6.45, 7) is 6.46. The standard InChI is InChI=1S/C15H21BFNO3/c1-9-7-18(8-10(2)21-9)14-12(15-19-3-4-20-15)5-11(16)6-13(14)17/h6,9-10,12,15H,3-5,7-8H2,1-2H3. The van der Waals surface area contributed by atoms with Crippen molar-refractivity contribution in [2.75, 3.05) is 26.3 Å². The fourth-order valence-corrected chi connectivity index (χ4v) is 3.42. The number of ether oxygens (including phenoxy) is 3. The highest BCUT2D eigenvalue weighted by atomic mass is 19.1.